The largest absolute Gasteiger partial charge is 0.416 e. The van der Waals surface area contributed by atoms with E-state index in [0.717, 1.165) is 17.7 Å². The molecule has 1 heterocycles. The number of anilines is 1. The van der Waals surface area contributed by atoms with E-state index < -0.39 is 29.6 Å². The van der Waals surface area contributed by atoms with Gasteiger partial charge in [-0.05, 0) is 30.2 Å². The number of rotatable bonds is 3. The van der Waals surface area contributed by atoms with Gasteiger partial charge in [-0.1, -0.05) is 36.4 Å². The molecular formula is C20H19F3N2O2. The maximum atomic E-state index is 12.9. The summed E-state index contributed by atoms with van der Waals surface area (Å²) in [4.78, 5) is 26.5. The van der Waals surface area contributed by atoms with E-state index in [-0.39, 0.29) is 18.0 Å². The molecule has 0 radical (unpaired) electrons. The molecule has 0 spiro atoms. The molecule has 1 aliphatic rings. The minimum atomic E-state index is -4.48. The van der Waals surface area contributed by atoms with Gasteiger partial charge in [-0.2, -0.15) is 13.2 Å². The van der Waals surface area contributed by atoms with Crippen LogP contribution in [0.25, 0.3) is 0 Å². The van der Waals surface area contributed by atoms with E-state index in [9.17, 15) is 22.8 Å². The molecule has 4 nitrogen and oxygen atoms in total. The van der Waals surface area contributed by atoms with Crippen LogP contribution in [0.5, 0.6) is 0 Å². The van der Waals surface area contributed by atoms with Gasteiger partial charge in [-0.15, -0.1) is 0 Å². The maximum absolute atomic E-state index is 12.9. The highest BCUT2D eigenvalue weighted by Gasteiger charge is 2.39. The maximum Gasteiger partial charge on any atom is 0.416 e. The van der Waals surface area contributed by atoms with Gasteiger partial charge in [-0.3, -0.25) is 9.59 Å². The monoisotopic (exact) mass is 376 g/mol. The van der Waals surface area contributed by atoms with Gasteiger partial charge in [0.15, 0.2) is 0 Å². The van der Waals surface area contributed by atoms with E-state index in [1.807, 2.05) is 30.3 Å². The second-order valence-corrected chi connectivity index (χ2v) is 6.57. The molecule has 0 unspecified atom stereocenters. The van der Waals surface area contributed by atoms with E-state index in [0.29, 0.717) is 6.42 Å². The van der Waals surface area contributed by atoms with Gasteiger partial charge in [-0.25, -0.2) is 0 Å². The summed E-state index contributed by atoms with van der Waals surface area (Å²) in [6, 6.07) is 13.2. The number of halogens is 3. The second kappa shape index (κ2) is 7.42. The molecule has 0 aliphatic carbocycles. The Labute approximate surface area is 155 Å². The number of nitrogens with one attached hydrogen (secondary N) is 1. The van der Waals surface area contributed by atoms with E-state index >= 15 is 0 Å². The van der Waals surface area contributed by atoms with Crippen molar-refractivity contribution in [2.45, 2.75) is 25.1 Å². The fourth-order valence-electron chi connectivity index (χ4n) is 3.43. The van der Waals surface area contributed by atoms with E-state index in [1.54, 1.807) is 7.05 Å². The first-order valence-electron chi connectivity index (χ1n) is 8.56. The number of alkyl halides is 3. The summed E-state index contributed by atoms with van der Waals surface area (Å²) in [5.74, 6) is -1.01. The van der Waals surface area contributed by atoms with Crippen molar-refractivity contribution >= 4 is 17.5 Å². The predicted molar refractivity (Wildman–Crippen MR) is 94.8 cm³/mol. The smallest absolute Gasteiger partial charge is 0.338 e. The number of nitrogens with zero attached hydrogens (tertiary/aromatic N) is 1. The number of piperidine rings is 1. The van der Waals surface area contributed by atoms with Gasteiger partial charge in [0.05, 0.1) is 17.5 Å². The molecule has 0 saturated carbocycles. The number of benzene rings is 2. The van der Waals surface area contributed by atoms with Gasteiger partial charge in [0.1, 0.15) is 0 Å². The Morgan fingerprint density at radius 3 is 2.48 bits per heavy atom. The molecule has 7 heteroatoms. The first-order valence-corrected chi connectivity index (χ1v) is 8.56. The number of hydrogen-bond donors (Lipinski definition) is 1. The van der Waals surface area contributed by atoms with Crippen molar-refractivity contribution < 1.29 is 22.8 Å². The highest BCUT2D eigenvalue weighted by molar-refractivity contribution is 5.94. The molecule has 142 valence electrons. The average Bonchev–Trinajstić information content (AvgIpc) is 2.64. The van der Waals surface area contributed by atoms with Crippen LogP contribution < -0.4 is 5.32 Å². The molecule has 1 aliphatic heterocycles. The van der Waals surface area contributed by atoms with Crippen molar-refractivity contribution in [2.24, 2.45) is 5.92 Å². The SMILES string of the molecule is CN1C(=O)CC[C@H](C(=O)Nc2cccc(C(F)(F)F)c2)[C@H]1c1ccccc1. The number of carbonyl (C=O) groups is 2. The van der Waals surface area contributed by atoms with Crippen LogP contribution in [0.3, 0.4) is 0 Å². The molecule has 2 amide bonds. The molecule has 2 atom stereocenters. The first-order chi connectivity index (χ1) is 12.8. The molecule has 3 rings (SSSR count). The average molecular weight is 376 g/mol. The summed E-state index contributed by atoms with van der Waals surface area (Å²) in [6.07, 6.45) is -3.92. The van der Waals surface area contributed by atoms with Crippen LogP contribution in [-0.2, 0) is 15.8 Å². The third kappa shape index (κ3) is 4.13. The predicted octanol–water partition coefficient (Wildman–Crippen LogP) is 4.25. The van der Waals surface area contributed by atoms with E-state index in [2.05, 4.69) is 5.32 Å². The van der Waals surface area contributed by atoms with Gasteiger partial charge < -0.3 is 10.2 Å². The standard InChI is InChI=1S/C20H19F3N2O2/c1-25-17(26)11-10-16(18(25)13-6-3-2-4-7-13)19(27)24-15-9-5-8-14(12-15)20(21,22)23/h2-9,12,16,18H,10-11H2,1H3,(H,24,27)/t16-,18+/m0/s1. The number of likely N-dealkylation sites (tertiary alicyclic amines) is 1. The Bertz CT molecular complexity index is 837. The third-order valence-corrected chi connectivity index (χ3v) is 4.80. The molecule has 1 fully saturated rings. The lowest BCUT2D eigenvalue weighted by atomic mass is 9.84. The lowest BCUT2D eigenvalue weighted by Crippen LogP contribution is -2.44. The van der Waals surface area contributed by atoms with Crippen molar-refractivity contribution in [1.29, 1.82) is 0 Å². The summed E-state index contributed by atoms with van der Waals surface area (Å²) >= 11 is 0. The lowest BCUT2D eigenvalue weighted by molar-refractivity contribution is -0.140. The Morgan fingerprint density at radius 2 is 1.81 bits per heavy atom. The molecule has 2 aromatic carbocycles. The summed E-state index contributed by atoms with van der Waals surface area (Å²) < 4.78 is 38.6. The van der Waals surface area contributed by atoms with Crippen molar-refractivity contribution in [3.05, 3.63) is 65.7 Å². The van der Waals surface area contributed by atoms with Gasteiger partial charge in [0.25, 0.3) is 0 Å². The zero-order chi connectivity index (χ0) is 19.6. The number of amides is 2. The fraction of sp³-hybridized carbons (Fsp3) is 0.300. The third-order valence-electron chi connectivity index (χ3n) is 4.80. The summed E-state index contributed by atoms with van der Waals surface area (Å²) in [7, 11) is 1.64. The zero-order valence-corrected chi connectivity index (χ0v) is 14.7. The van der Waals surface area contributed by atoms with Crippen LogP contribution in [0.2, 0.25) is 0 Å². The minimum absolute atomic E-state index is 0.0630. The summed E-state index contributed by atoms with van der Waals surface area (Å²) in [5.41, 5.74) is 0.0780. The van der Waals surface area contributed by atoms with Gasteiger partial charge in [0.2, 0.25) is 11.8 Å². The van der Waals surface area contributed by atoms with Gasteiger partial charge >= 0.3 is 6.18 Å². The molecule has 1 N–H and O–H groups in total. The molecule has 27 heavy (non-hydrogen) atoms. The number of hydrogen-bond acceptors (Lipinski definition) is 2. The van der Waals surface area contributed by atoms with Crippen LogP contribution >= 0.6 is 0 Å². The van der Waals surface area contributed by atoms with Gasteiger partial charge in [0, 0.05) is 19.2 Å². The quantitative estimate of drug-likeness (QED) is 0.871. The zero-order valence-electron chi connectivity index (χ0n) is 14.7. The van der Waals surface area contributed by atoms with Crippen LogP contribution in [0.1, 0.15) is 30.0 Å². The second-order valence-electron chi connectivity index (χ2n) is 6.57. The Kier molecular flexibility index (Phi) is 5.21. The van der Waals surface area contributed by atoms with Crippen molar-refractivity contribution in [1.82, 2.24) is 4.90 Å². The summed E-state index contributed by atoms with van der Waals surface area (Å²) in [5, 5.41) is 2.58. The fourth-order valence-corrected chi connectivity index (χ4v) is 3.43. The molecule has 1 saturated heterocycles. The molecule has 0 aromatic heterocycles. The minimum Gasteiger partial charge on any atom is -0.338 e. The van der Waals surface area contributed by atoms with Crippen molar-refractivity contribution in [2.75, 3.05) is 12.4 Å². The van der Waals surface area contributed by atoms with E-state index in [4.69, 9.17) is 0 Å². The van der Waals surface area contributed by atoms with Crippen LogP contribution in [0.4, 0.5) is 18.9 Å². The van der Waals surface area contributed by atoms with E-state index in [1.165, 1.54) is 17.0 Å². The molecule has 2 aromatic rings. The number of carbonyl (C=O) groups excluding carboxylic acids is 2. The Balaban J connectivity index is 1.85. The lowest BCUT2D eigenvalue weighted by Gasteiger charge is -2.38. The Morgan fingerprint density at radius 1 is 1.11 bits per heavy atom. The van der Waals surface area contributed by atoms with Crippen LogP contribution in [0.15, 0.2) is 54.6 Å². The van der Waals surface area contributed by atoms with Crippen molar-refractivity contribution in [3.63, 3.8) is 0 Å². The van der Waals surface area contributed by atoms with Crippen LogP contribution in [-0.4, -0.2) is 23.8 Å². The highest BCUT2D eigenvalue weighted by Crippen LogP contribution is 2.37. The normalized spacial score (nSPS) is 20.4. The van der Waals surface area contributed by atoms with Crippen LogP contribution in [0, 0.1) is 5.92 Å². The molecular weight excluding hydrogens is 357 g/mol. The topological polar surface area (TPSA) is 49.4 Å². The summed E-state index contributed by atoms with van der Waals surface area (Å²) in [6.45, 7) is 0. The first kappa shape index (κ1) is 18.9. The highest BCUT2D eigenvalue weighted by atomic mass is 19.4. The molecule has 0 bridgehead atoms. The Hall–Kier alpha value is -2.83. The van der Waals surface area contributed by atoms with Crippen molar-refractivity contribution in [3.8, 4) is 0 Å².